The fourth-order valence-corrected chi connectivity index (χ4v) is 2.69. The van der Waals surface area contributed by atoms with Gasteiger partial charge in [0, 0.05) is 52.2 Å². The molecule has 25 heavy (non-hydrogen) atoms. The van der Waals surface area contributed by atoms with Crippen LogP contribution in [0.2, 0.25) is 0 Å². The smallest absolute Gasteiger partial charge is 0.191 e. The molecule has 2 rings (SSSR count). The average molecular weight is 349 g/mol. The molecule has 0 bridgehead atoms. The first-order valence-corrected chi connectivity index (χ1v) is 9.13. The van der Waals surface area contributed by atoms with E-state index in [1.54, 1.807) is 6.33 Å². The number of hydrogen-bond acceptors (Lipinski definition) is 5. The van der Waals surface area contributed by atoms with Gasteiger partial charge in [0.1, 0.15) is 12.2 Å². The highest BCUT2D eigenvalue weighted by molar-refractivity contribution is 5.79. The van der Waals surface area contributed by atoms with Gasteiger partial charge in [0.2, 0.25) is 0 Å². The van der Waals surface area contributed by atoms with Gasteiger partial charge in [-0.25, -0.2) is 0 Å². The van der Waals surface area contributed by atoms with Crippen LogP contribution in [0.15, 0.2) is 24.0 Å². The number of ether oxygens (including phenoxy) is 1. The van der Waals surface area contributed by atoms with Gasteiger partial charge in [-0.2, -0.15) is 0 Å². The molecule has 1 aliphatic rings. The molecule has 1 aromatic rings. The Kier molecular flexibility index (Phi) is 9.00. The van der Waals surface area contributed by atoms with E-state index in [4.69, 9.17) is 4.74 Å². The average Bonchev–Trinajstić information content (AvgIpc) is 3.11. The third-order valence-corrected chi connectivity index (χ3v) is 4.08. The van der Waals surface area contributed by atoms with Crippen LogP contribution in [0, 0.1) is 0 Å². The van der Waals surface area contributed by atoms with Crippen LogP contribution in [-0.4, -0.2) is 78.1 Å². The zero-order valence-electron chi connectivity index (χ0n) is 15.3. The van der Waals surface area contributed by atoms with Crippen molar-refractivity contribution in [3.63, 3.8) is 0 Å². The van der Waals surface area contributed by atoms with Gasteiger partial charge in [-0.15, -0.1) is 16.8 Å². The quantitative estimate of drug-likeness (QED) is 0.273. The van der Waals surface area contributed by atoms with Gasteiger partial charge in [0.25, 0.3) is 0 Å². The Balaban J connectivity index is 1.71. The maximum atomic E-state index is 5.37. The summed E-state index contributed by atoms with van der Waals surface area (Å²) in [6, 6.07) is 0. The van der Waals surface area contributed by atoms with Crippen molar-refractivity contribution in [2.24, 2.45) is 4.99 Å². The monoisotopic (exact) mass is 349 g/mol. The van der Waals surface area contributed by atoms with Gasteiger partial charge in [0.05, 0.1) is 13.2 Å². The molecule has 0 aromatic carbocycles. The minimum atomic E-state index is 0.697. The molecule has 1 aromatic heterocycles. The molecule has 0 unspecified atom stereocenters. The van der Waals surface area contributed by atoms with Crippen LogP contribution in [0.3, 0.4) is 0 Å². The molecule has 140 valence electrons. The molecular weight excluding hydrogens is 318 g/mol. The first-order valence-electron chi connectivity index (χ1n) is 9.13. The van der Waals surface area contributed by atoms with Gasteiger partial charge >= 0.3 is 0 Å². The molecule has 0 amide bonds. The third-order valence-electron chi connectivity index (χ3n) is 4.08. The number of guanidine groups is 1. The normalized spacial score (nSPS) is 16.0. The lowest BCUT2D eigenvalue weighted by Gasteiger charge is -2.26. The first kappa shape index (κ1) is 19.4. The molecule has 8 heteroatoms. The highest BCUT2D eigenvalue weighted by atomic mass is 16.5. The topological polar surface area (TPSA) is 79.6 Å². The van der Waals surface area contributed by atoms with Crippen LogP contribution < -0.4 is 10.6 Å². The fourth-order valence-electron chi connectivity index (χ4n) is 2.69. The van der Waals surface area contributed by atoms with Crippen molar-refractivity contribution < 1.29 is 4.74 Å². The number of nitrogens with zero attached hydrogens (tertiary/aromatic N) is 5. The Labute approximate surface area is 150 Å². The Morgan fingerprint density at radius 3 is 2.96 bits per heavy atom. The second-order valence-corrected chi connectivity index (χ2v) is 5.93. The van der Waals surface area contributed by atoms with Crippen molar-refractivity contribution in [1.29, 1.82) is 0 Å². The molecule has 2 N–H and O–H groups in total. The maximum absolute atomic E-state index is 5.37. The SMILES string of the molecule is C=CCNC(=NCCCN1CCOCC1)NCCn1cnnc1CC. The van der Waals surface area contributed by atoms with Crippen molar-refractivity contribution in [3.05, 3.63) is 24.8 Å². The predicted octanol–water partition coefficient (Wildman–Crippen LogP) is 0.284. The minimum Gasteiger partial charge on any atom is -0.379 e. The van der Waals surface area contributed by atoms with Crippen LogP contribution in [0.1, 0.15) is 19.2 Å². The molecule has 0 atom stereocenters. The van der Waals surface area contributed by atoms with Crippen molar-refractivity contribution in [2.75, 3.05) is 52.5 Å². The summed E-state index contributed by atoms with van der Waals surface area (Å²) in [5, 5.41) is 14.7. The van der Waals surface area contributed by atoms with Gasteiger partial charge in [-0.1, -0.05) is 13.0 Å². The molecular formula is C17H31N7O. The van der Waals surface area contributed by atoms with Gasteiger partial charge in [0.15, 0.2) is 5.96 Å². The van der Waals surface area contributed by atoms with Gasteiger partial charge < -0.3 is 19.9 Å². The summed E-state index contributed by atoms with van der Waals surface area (Å²) in [6.45, 7) is 13.8. The Hall–Kier alpha value is -1.93. The van der Waals surface area contributed by atoms with E-state index in [0.29, 0.717) is 6.54 Å². The summed E-state index contributed by atoms with van der Waals surface area (Å²) in [7, 11) is 0. The van der Waals surface area contributed by atoms with E-state index >= 15 is 0 Å². The Morgan fingerprint density at radius 2 is 2.20 bits per heavy atom. The maximum Gasteiger partial charge on any atom is 0.191 e. The van der Waals surface area contributed by atoms with Gasteiger partial charge in [-0.3, -0.25) is 9.89 Å². The number of morpholine rings is 1. The zero-order chi connectivity index (χ0) is 17.7. The summed E-state index contributed by atoms with van der Waals surface area (Å²) in [6.07, 6.45) is 5.54. The van der Waals surface area contributed by atoms with E-state index in [2.05, 4.69) is 48.8 Å². The number of hydrogen-bond donors (Lipinski definition) is 2. The number of aromatic nitrogens is 3. The molecule has 0 saturated carbocycles. The van der Waals surface area contributed by atoms with Crippen molar-refractivity contribution >= 4 is 5.96 Å². The largest absolute Gasteiger partial charge is 0.379 e. The third kappa shape index (κ3) is 7.23. The lowest BCUT2D eigenvalue weighted by molar-refractivity contribution is 0.0377. The zero-order valence-corrected chi connectivity index (χ0v) is 15.3. The molecule has 8 nitrogen and oxygen atoms in total. The molecule has 1 saturated heterocycles. The highest BCUT2D eigenvalue weighted by Gasteiger charge is 2.09. The Bertz CT molecular complexity index is 523. The number of aryl methyl sites for hydroxylation is 1. The van der Waals surface area contributed by atoms with E-state index in [-0.39, 0.29) is 0 Å². The standard InChI is InChI=1S/C17H31N7O/c1-3-6-18-17(19-7-5-9-23-11-13-25-14-12-23)20-8-10-24-15-21-22-16(24)4-2/h3,15H,1,4-14H2,2H3,(H2,18,19,20). The van der Waals surface area contributed by atoms with Crippen molar-refractivity contribution in [2.45, 2.75) is 26.3 Å². The second kappa shape index (κ2) is 11.6. The first-order chi connectivity index (χ1) is 12.3. The van der Waals surface area contributed by atoms with E-state index in [9.17, 15) is 0 Å². The van der Waals surface area contributed by atoms with E-state index in [0.717, 1.165) is 77.1 Å². The van der Waals surface area contributed by atoms with Crippen LogP contribution in [0.25, 0.3) is 0 Å². The van der Waals surface area contributed by atoms with Crippen molar-refractivity contribution in [3.8, 4) is 0 Å². The molecule has 1 fully saturated rings. The van der Waals surface area contributed by atoms with E-state index < -0.39 is 0 Å². The van der Waals surface area contributed by atoms with Crippen LogP contribution in [-0.2, 0) is 17.7 Å². The number of aliphatic imine (C=N–C) groups is 1. The summed E-state index contributed by atoms with van der Waals surface area (Å²) in [5.74, 6) is 1.83. The van der Waals surface area contributed by atoms with E-state index in [1.165, 1.54) is 0 Å². The summed E-state index contributed by atoms with van der Waals surface area (Å²) >= 11 is 0. The van der Waals surface area contributed by atoms with Gasteiger partial charge in [-0.05, 0) is 6.42 Å². The second-order valence-electron chi connectivity index (χ2n) is 5.93. The van der Waals surface area contributed by atoms with Crippen molar-refractivity contribution in [1.82, 2.24) is 30.3 Å². The lowest BCUT2D eigenvalue weighted by Crippen LogP contribution is -2.39. The Morgan fingerprint density at radius 1 is 1.36 bits per heavy atom. The molecule has 2 heterocycles. The van der Waals surface area contributed by atoms with Crippen LogP contribution >= 0.6 is 0 Å². The fraction of sp³-hybridized carbons (Fsp3) is 0.706. The highest BCUT2D eigenvalue weighted by Crippen LogP contribution is 1.98. The molecule has 0 aliphatic carbocycles. The summed E-state index contributed by atoms with van der Waals surface area (Å²) in [4.78, 5) is 7.09. The van der Waals surface area contributed by atoms with E-state index in [1.807, 2.05) is 6.08 Å². The molecule has 1 aliphatic heterocycles. The molecule has 0 radical (unpaired) electrons. The molecule has 0 spiro atoms. The number of nitrogens with one attached hydrogen (secondary N) is 2. The predicted molar refractivity (Wildman–Crippen MR) is 99.8 cm³/mol. The van der Waals surface area contributed by atoms with Crippen LogP contribution in [0.5, 0.6) is 0 Å². The lowest BCUT2D eigenvalue weighted by atomic mass is 10.3. The van der Waals surface area contributed by atoms with Crippen LogP contribution in [0.4, 0.5) is 0 Å². The minimum absolute atomic E-state index is 0.697. The number of rotatable bonds is 10. The summed E-state index contributed by atoms with van der Waals surface area (Å²) in [5.41, 5.74) is 0. The summed E-state index contributed by atoms with van der Waals surface area (Å²) < 4.78 is 7.44.